The molecule has 0 amide bonds. The maximum absolute atomic E-state index is 14.2. The molecule has 2 aromatic carbocycles. The van der Waals surface area contributed by atoms with Gasteiger partial charge >= 0.3 is 0 Å². The number of benzene rings is 3. The first-order chi connectivity index (χ1) is 17.3. The fourth-order valence-electron chi connectivity index (χ4n) is 4.05. The number of hydrogen-bond acceptors (Lipinski definition) is 5. The molecule has 36 heavy (non-hydrogen) atoms. The third-order valence-corrected chi connectivity index (χ3v) is 6.28. The second-order valence-corrected chi connectivity index (χ2v) is 9.26. The van der Waals surface area contributed by atoms with Gasteiger partial charge in [0, 0.05) is 24.0 Å². The molecular weight excluding hydrogens is 500 g/mol. The molecule has 5 rings (SSSR count). The summed E-state index contributed by atoms with van der Waals surface area (Å²) in [6.45, 7) is 4.01. The molecule has 0 atom stereocenters. The molecule has 0 saturated carbocycles. The molecule has 9 heteroatoms. The van der Waals surface area contributed by atoms with E-state index in [0.717, 1.165) is 16.7 Å². The van der Waals surface area contributed by atoms with Crippen LogP contribution in [0.25, 0.3) is 28.1 Å². The Labute approximate surface area is 217 Å². The van der Waals surface area contributed by atoms with Crippen molar-refractivity contribution < 1.29 is 9.13 Å². The van der Waals surface area contributed by atoms with Crippen molar-refractivity contribution in [3.63, 3.8) is 0 Å². The minimum absolute atomic E-state index is 0.0275. The van der Waals surface area contributed by atoms with Crippen molar-refractivity contribution in [1.82, 2.24) is 14.5 Å². The molecule has 1 aliphatic carbocycles. The molecule has 2 heterocycles. The van der Waals surface area contributed by atoms with Crippen molar-refractivity contribution in [1.29, 1.82) is 0 Å². The fourth-order valence-corrected chi connectivity index (χ4v) is 4.34. The van der Waals surface area contributed by atoms with E-state index in [2.05, 4.69) is 10.3 Å². The molecule has 1 aromatic heterocycles. The highest BCUT2D eigenvalue weighted by atomic mass is 35.5. The number of nitrogens with zero attached hydrogens (tertiary/aromatic N) is 4. The predicted octanol–water partition coefficient (Wildman–Crippen LogP) is 7.03. The average molecular weight is 522 g/mol. The molecule has 3 aromatic rings. The van der Waals surface area contributed by atoms with E-state index >= 15 is 0 Å². The van der Waals surface area contributed by atoms with Crippen LogP contribution in [0.4, 0.5) is 15.8 Å². The van der Waals surface area contributed by atoms with Crippen LogP contribution in [0.1, 0.15) is 13.8 Å². The second-order valence-electron chi connectivity index (χ2n) is 8.44. The highest BCUT2D eigenvalue weighted by molar-refractivity contribution is 6.42. The Bertz CT molecular complexity index is 1630. The minimum atomic E-state index is -0.375. The highest BCUT2D eigenvalue weighted by Gasteiger charge is 2.18. The molecule has 0 fully saturated rings. The first-order valence-electron chi connectivity index (χ1n) is 11.3. The van der Waals surface area contributed by atoms with Gasteiger partial charge in [-0.3, -0.25) is 4.99 Å². The zero-order chi connectivity index (χ0) is 25.4. The monoisotopic (exact) mass is 521 g/mol. The van der Waals surface area contributed by atoms with Crippen molar-refractivity contribution in [2.24, 2.45) is 4.99 Å². The van der Waals surface area contributed by atoms with Gasteiger partial charge in [0.15, 0.2) is 0 Å². The first-order valence-corrected chi connectivity index (χ1v) is 12.0. The molecule has 0 radical (unpaired) electrons. The topological polar surface area (TPSA) is 64.3 Å². The molecule has 2 aliphatic rings. The lowest BCUT2D eigenvalue weighted by Gasteiger charge is -2.21. The fraction of sp³-hybridized carbons (Fsp3) is 0.148. The van der Waals surface area contributed by atoms with Gasteiger partial charge in [-0.15, -0.1) is 0 Å². The smallest absolute Gasteiger partial charge is 0.237 e. The number of hydrogen-bond donors (Lipinski definition) is 1. The van der Waals surface area contributed by atoms with Crippen LogP contribution in [0.3, 0.4) is 0 Å². The average Bonchev–Trinajstić information content (AvgIpc) is 2.85. The lowest BCUT2D eigenvalue weighted by Crippen LogP contribution is -2.17. The molecule has 1 N–H and O–H groups in total. The molecule has 6 nitrogen and oxygen atoms in total. The van der Waals surface area contributed by atoms with E-state index in [1.807, 2.05) is 48.7 Å². The Morgan fingerprint density at radius 1 is 1.00 bits per heavy atom. The van der Waals surface area contributed by atoms with Gasteiger partial charge in [-0.1, -0.05) is 23.2 Å². The van der Waals surface area contributed by atoms with Crippen LogP contribution in [-0.4, -0.2) is 27.7 Å². The Kier molecular flexibility index (Phi) is 6.51. The van der Waals surface area contributed by atoms with Crippen LogP contribution < -0.4 is 15.4 Å². The Morgan fingerprint density at radius 3 is 2.58 bits per heavy atom. The summed E-state index contributed by atoms with van der Waals surface area (Å²) in [6, 6.07) is 17.5. The third-order valence-electron chi connectivity index (χ3n) is 5.55. The summed E-state index contributed by atoms with van der Waals surface area (Å²) in [5.41, 5.74) is 4.77. The quantitative estimate of drug-likeness (QED) is 0.252. The van der Waals surface area contributed by atoms with Gasteiger partial charge in [0.1, 0.15) is 11.5 Å². The largest absolute Gasteiger partial charge is 0.480 e. The number of aromatic nitrogens is 3. The van der Waals surface area contributed by atoms with Crippen LogP contribution >= 0.6 is 23.2 Å². The summed E-state index contributed by atoms with van der Waals surface area (Å²) in [6.07, 6.45) is 1.66. The predicted molar refractivity (Wildman–Crippen MR) is 142 cm³/mol. The second kappa shape index (κ2) is 9.76. The summed E-state index contributed by atoms with van der Waals surface area (Å²) in [7, 11) is 1.57. The van der Waals surface area contributed by atoms with Gasteiger partial charge in [0.25, 0.3) is 0 Å². The number of nitrogens with one attached hydrogen (secondary N) is 1. The normalized spacial score (nSPS) is 12.0. The van der Waals surface area contributed by atoms with Gasteiger partial charge in [-0.2, -0.15) is 0 Å². The van der Waals surface area contributed by atoms with E-state index in [4.69, 9.17) is 37.9 Å². The van der Waals surface area contributed by atoms with Crippen molar-refractivity contribution >= 4 is 45.6 Å². The number of pyridine rings is 1. The van der Waals surface area contributed by atoms with Gasteiger partial charge in [0.05, 0.1) is 50.6 Å². The number of rotatable bonds is 5. The molecule has 0 saturated heterocycles. The van der Waals surface area contributed by atoms with Gasteiger partial charge < -0.3 is 14.6 Å². The Balaban J connectivity index is 1.84. The van der Waals surface area contributed by atoms with Gasteiger partial charge in [-0.25, -0.2) is 14.4 Å². The van der Waals surface area contributed by atoms with Crippen LogP contribution in [0.15, 0.2) is 71.9 Å². The summed E-state index contributed by atoms with van der Waals surface area (Å²) in [4.78, 5) is 13.9. The van der Waals surface area contributed by atoms with Crippen LogP contribution in [0.2, 0.25) is 10.0 Å². The van der Waals surface area contributed by atoms with Crippen LogP contribution in [0, 0.1) is 5.82 Å². The zero-order valence-electron chi connectivity index (χ0n) is 19.8. The summed E-state index contributed by atoms with van der Waals surface area (Å²) >= 11 is 12.6. The van der Waals surface area contributed by atoms with Gasteiger partial charge in [-0.05, 0) is 68.4 Å². The number of anilines is 2. The molecule has 1 aliphatic heterocycles. The van der Waals surface area contributed by atoms with E-state index < -0.39 is 0 Å². The van der Waals surface area contributed by atoms with E-state index in [-0.39, 0.29) is 11.9 Å². The molecule has 182 valence electrons. The molecular formula is C27H22Cl2FN5O. The Hall–Kier alpha value is -3.68. The van der Waals surface area contributed by atoms with E-state index in [9.17, 15) is 4.39 Å². The highest BCUT2D eigenvalue weighted by Crippen LogP contribution is 2.33. The maximum atomic E-state index is 14.2. The Morgan fingerprint density at radius 2 is 1.83 bits per heavy atom. The molecule has 0 unspecified atom stereocenters. The van der Waals surface area contributed by atoms with E-state index in [1.165, 1.54) is 12.1 Å². The summed E-state index contributed by atoms with van der Waals surface area (Å²) in [5, 5.41) is 4.96. The molecule has 0 spiro atoms. The van der Waals surface area contributed by atoms with Gasteiger partial charge in [0.2, 0.25) is 5.88 Å². The number of ether oxygens (including phenoxy) is 1. The van der Waals surface area contributed by atoms with E-state index in [1.54, 1.807) is 31.5 Å². The van der Waals surface area contributed by atoms with Crippen molar-refractivity contribution in [3.8, 4) is 23.0 Å². The van der Waals surface area contributed by atoms with Crippen LogP contribution in [-0.2, 0) is 0 Å². The summed E-state index contributed by atoms with van der Waals surface area (Å²) in [5.74, 6) is 0.0763. The number of fused-ring (bicyclic) bond motifs is 2. The number of halogens is 3. The SMILES string of the molecule is COc1ncccc1Nc1cc2nc3cc(F)ccc3n(-c3ccc(Cl)c(Cl)c3)c-2cc1=NC(C)C. The van der Waals surface area contributed by atoms with E-state index in [0.29, 0.717) is 44.0 Å². The third kappa shape index (κ3) is 4.59. The standard InChI is InChI=1S/C27H22Cl2FN5O/c1-15(2)32-22-14-26-24(13-21(22)33-20-5-4-10-31-27(20)36-3)34-23-11-16(30)6-9-25(23)35(26)17-7-8-18(28)19(29)12-17/h4-15,33H,1-3H3. The van der Waals surface area contributed by atoms with Crippen molar-refractivity contribution in [2.75, 3.05) is 12.4 Å². The number of methoxy groups -OCH3 is 1. The molecule has 0 bridgehead atoms. The summed E-state index contributed by atoms with van der Waals surface area (Å²) < 4.78 is 21.6. The van der Waals surface area contributed by atoms with Crippen molar-refractivity contribution in [2.45, 2.75) is 19.9 Å². The van der Waals surface area contributed by atoms with Crippen molar-refractivity contribution in [3.05, 3.63) is 88.1 Å². The first kappa shape index (κ1) is 24.0. The lowest BCUT2D eigenvalue weighted by molar-refractivity contribution is 0.400. The zero-order valence-corrected chi connectivity index (χ0v) is 21.3. The maximum Gasteiger partial charge on any atom is 0.237 e. The van der Waals surface area contributed by atoms with Crippen LogP contribution in [0.5, 0.6) is 5.88 Å². The minimum Gasteiger partial charge on any atom is -0.480 e. The lowest BCUT2D eigenvalue weighted by atomic mass is 10.1.